The zero-order valence-corrected chi connectivity index (χ0v) is 14.5. The molecule has 0 spiro atoms. The van der Waals surface area contributed by atoms with Crippen LogP contribution in [0.15, 0.2) is 30.4 Å². The van der Waals surface area contributed by atoms with E-state index in [1.807, 2.05) is 0 Å². The van der Waals surface area contributed by atoms with Crippen LogP contribution in [0.3, 0.4) is 0 Å². The van der Waals surface area contributed by atoms with E-state index in [1.165, 1.54) is 30.5 Å². The Morgan fingerprint density at radius 3 is 2.57 bits per heavy atom. The number of fused-ring (bicyclic) bond motifs is 2. The second-order valence-corrected chi connectivity index (χ2v) is 8.19. The number of hydrogen-bond acceptors (Lipinski definition) is 2. The van der Waals surface area contributed by atoms with Gasteiger partial charge in [0.25, 0.3) is 0 Å². The molecule has 1 aliphatic heterocycles. The van der Waals surface area contributed by atoms with Crippen molar-refractivity contribution < 1.29 is 5.11 Å². The van der Waals surface area contributed by atoms with E-state index in [9.17, 15) is 5.11 Å². The van der Waals surface area contributed by atoms with Gasteiger partial charge in [0.05, 0.1) is 5.60 Å². The maximum Gasteiger partial charge on any atom is 0.0923 e. The fourth-order valence-electron chi connectivity index (χ4n) is 5.05. The normalized spacial score (nSPS) is 32.6. The monoisotopic (exact) mass is 311 g/mol. The van der Waals surface area contributed by atoms with Crippen LogP contribution in [-0.4, -0.2) is 29.6 Å². The third kappa shape index (κ3) is 2.88. The van der Waals surface area contributed by atoms with Crippen molar-refractivity contribution in [1.29, 1.82) is 0 Å². The molecule has 2 bridgehead atoms. The fourth-order valence-corrected chi connectivity index (χ4v) is 5.05. The van der Waals surface area contributed by atoms with Crippen molar-refractivity contribution in [1.82, 2.24) is 4.90 Å². The lowest BCUT2D eigenvalue weighted by Crippen LogP contribution is -2.44. The first-order valence-corrected chi connectivity index (χ1v) is 9.24. The molecule has 2 aliphatic carbocycles. The number of hydrogen-bond donors (Lipinski definition) is 1. The minimum Gasteiger partial charge on any atom is -0.385 e. The molecule has 1 saturated heterocycles. The average molecular weight is 311 g/mol. The van der Waals surface area contributed by atoms with Gasteiger partial charge >= 0.3 is 0 Å². The van der Waals surface area contributed by atoms with Crippen molar-refractivity contribution in [3.8, 4) is 0 Å². The van der Waals surface area contributed by atoms with Gasteiger partial charge in [-0.1, -0.05) is 35.9 Å². The minimum absolute atomic E-state index is 0.624. The van der Waals surface area contributed by atoms with Crippen molar-refractivity contribution in [3.05, 3.63) is 47.0 Å². The SMILES string of the molecule is Cc1ccc(C)c(C2(O)CCN(CC3CC4C=CC3C4)CC2)c1. The summed E-state index contributed by atoms with van der Waals surface area (Å²) in [5.41, 5.74) is 3.00. The predicted molar refractivity (Wildman–Crippen MR) is 94.3 cm³/mol. The van der Waals surface area contributed by atoms with Crippen molar-refractivity contribution in [3.63, 3.8) is 0 Å². The zero-order chi connectivity index (χ0) is 16.0. The molecule has 1 N–H and O–H groups in total. The third-order valence-corrected chi connectivity index (χ3v) is 6.49. The standard InChI is InChI=1S/C21H29NO/c1-15-3-4-16(2)20(11-15)21(23)7-9-22(10-8-21)14-19-13-17-5-6-18(19)12-17/h3-6,11,17-19,23H,7-10,12-14H2,1-2H3. The number of aliphatic hydroxyl groups is 1. The van der Waals surface area contributed by atoms with Crippen molar-refractivity contribution in [2.24, 2.45) is 17.8 Å². The number of allylic oxidation sites excluding steroid dienone is 2. The van der Waals surface area contributed by atoms with Crippen molar-refractivity contribution in [2.75, 3.05) is 19.6 Å². The molecule has 2 nitrogen and oxygen atoms in total. The average Bonchev–Trinajstić information content (AvgIpc) is 3.15. The summed E-state index contributed by atoms with van der Waals surface area (Å²) in [5, 5.41) is 11.2. The van der Waals surface area contributed by atoms with Crippen LogP contribution in [0.5, 0.6) is 0 Å². The smallest absolute Gasteiger partial charge is 0.0923 e. The number of aryl methyl sites for hydroxylation is 2. The molecule has 4 rings (SSSR count). The summed E-state index contributed by atoms with van der Waals surface area (Å²) in [5.74, 6) is 2.55. The molecule has 3 atom stereocenters. The van der Waals surface area contributed by atoms with E-state index in [0.717, 1.165) is 49.2 Å². The van der Waals surface area contributed by atoms with Crippen LogP contribution < -0.4 is 0 Å². The summed E-state index contributed by atoms with van der Waals surface area (Å²) < 4.78 is 0. The van der Waals surface area contributed by atoms with Gasteiger partial charge in [-0.25, -0.2) is 0 Å². The number of benzene rings is 1. The first kappa shape index (κ1) is 15.4. The van der Waals surface area contributed by atoms with E-state index in [0.29, 0.717) is 0 Å². The maximum atomic E-state index is 11.2. The maximum absolute atomic E-state index is 11.2. The molecule has 124 valence electrons. The molecule has 2 heteroatoms. The summed E-state index contributed by atoms with van der Waals surface area (Å²) in [6.45, 7) is 7.53. The molecule has 1 aromatic carbocycles. The van der Waals surface area contributed by atoms with Gasteiger partial charge in [-0.05, 0) is 68.4 Å². The van der Waals surface area contributed by atoms with Crippen LogP contribution in [0, 0.1) is 31.6 Å². The van der Waals surface area contributed by atoms with Gasteiger partial charge in [0.1, 0.15) is 0 Å². The Bertz CT molecular complexity index is 612. The highest BCUT2D eigenvalue weighted by atomic mass is 16.3. The number of nitrogens with zero attached hydrogens (tertiary/aromatic N) is 1. The molecular weight excluding hydrogens is 282 g/mol. The van der Waals surface area contributed by atoms with E-state index in [2.05, 4.69) is 49.1 Å². The molecule has 23 heavy (non-hydrogen) atoms. The highest BCUT2D eigenvalue weighted by Crippen LogP contribution is 2.44. The summed E-state index contributed by atoms with van der Waals surface area (Å²) in [6.07, 6.45) is 9.40. The van der Waals surface area contributed by atoms with Crippen LogP contribution in [0.2, 0.25) is 0 Å². The molecule has 0 amide bonds. The van der Waals surface area contributed by atoms with Gasteiger partial charge in [-0.2, -0.15) is 0 Å². The molecule has 1 heterocycles. The highest BCUT2D eigenvalue weighted by molar-refractivity contribution is 5.35. The van der Waals surface area contributed by atoms with Gasteiger partial charge in [-0.15, -0.1) is 0 Å². The van der Waals surface area contributed by atoms with E-state index in [-0.39, 0.29) is 0 Å². The van der Waals surface area contributed by atoms with Crippen LogP contribution in [0.25, 0.3) is 0 Å². The third-order valence-electron chi connectivity index (χ3n) is 6.49. The predicted octanol–water partition coefficient (Wildman–Crippen LogP) is 3.80. The number of piperidine rings is 1. The highest BCUT2D eigenvalue weighted by Gasteiger charge is 2.39. The van der Waals surface area contributed by atoms with Crippen LogP contribution in [-0.2, 0) is 5.60 Å². The van der Waals surface area contributed by atoms with E-state index < -0.39 is 5.60 Å². The molecule has 3 aliphatic rings. The Kier molecular flexibility index (Phi) is 3.85. The summed E-state index contributed by atoms with van der Waals surface area (Å²) >= 11 is 0. The quantitative estimate of drug-likeness (QED) is 0.858. The lowest BCUT2D eigenvalue weighted by molar-refractivity contribution is -0.0299. The van der Waals surface area contributed by atoms with Crippen LogP contribution in [0.4, 0.5) is 0 Å². The Morgan fingerprint density at radius 2 is 1.91 bits per heavy atom. The van der Waals surface area contributed by atoms with Gasteiger partial charge in [-0.3, -0.25) is 0 Å². The Labute approximate surface area is 140 Å². The Morgan fingerprint density at radius 1 is 1.13 bits per heavy atom. The molecule has 0 radical (unpaired) electrons. The van der Waals surface area contributed by atoms with E-state index >= 15 is 0 Å². The second-order valence-electron chi connectivity index (χ2n) is 8.19. The molecule has 0 aromatic heterocycles. The number of rotatable bonds is 3. The van der Waals surface area contributed by atoms with E-state index in [4.69, 9.17) is 0 Å². The second kappa shape index (κ2) is 5.75. The van der Waals surface area contributed by atoms with Crippen molar-refractivity contribution in [2.45, 2.75) is 45.1 Å². The van der Waals surface area contributed by atoms with Gasteiger partial charge in [0.15, 0.2) is 0 Å². The zero-order valence-electron chi connectivity index (χ0n) is 14.5. The molecular formula is C21H29NO. The Hall–Kier alpha value is -1.12. The van der Waals surface area contributed by atoms with Crippen molar-refractivity contribution >= 4 is 0 Å². The van der Waals surface area contributed by atoms with Gasteiger partial charge < -0.3 is 10.0 Å². The molecule has 1 saturated carbocycles. The van der Waals surface area contributed by atoms with Crippen LogP contribution in [0.1, 0.15) is 42.4 Å². The summed E-state index contributed by atoms with van der Waals surface area (Å²) in [4.78, 5) is 2.60. The summed E-state index contributed by atoms with van der Waals surface area (Å²) in [6, 6.07) is 6.47. The lowest BCUT2D eigenvalue weighted by atomic mass is 9.81. The van der Waals surface area contributed by atoms with Crippen LogP contribution >= 0.6 is 0 Å². The summed E-state index contributed by atoms with van der Waals surface area (Å²) in [7, 11) is 0. The molecule has 2 fully saturated rings. The topological polar surface area (TPSA) is 23.5 Å². The van der Waals surface area contributed by atoms with Gasteiger partial charge in [0, 0.05) is 19.6 Å². The largest absolute Gasteiger partial charge is 0.385 e. The first-order valence-electron chi connectivity index (χ1n) is 9.24. The molecule has 1 aromatic rings. The molecule has 3 unspecified atom stereocenters. The first-order chi connectivity index (χ1) is 11.0. The minimum atomic E-state index is -0.624. The fraction of sp³-hybridized carbons (Fsp3) is 0.619. The lowest BCUT2D eigenvalue weighted by Gasteiger charge is -2.40. The van der Waals surface area contributed by atoms with Gasteiger partial charge in [0.2, 0.25) is 0 Å². The number of likely N-dealkylation sites (tertiary alicyclic amines) is 1. The Balaban J connectivity index is 1.40. The van der Waals surface area contributed by atoms with E-state index in [1.54, 1.807) is 0 Å².